The number of nitrogens with one attached hydrogen (secondary N) is 1. The topological polar surface area (TPSA) is 32.9 Å². The van der Waals surface area contributed by atoms with Crippen LogP contribution in [0.3, 0.4) is 0 Å². The highest BCUT2D eigenvalue weighted by Gasteiger charge is 2.27. The quantitative estimate of drug-likeness (QED) is 0.715. The van der Waals surface area contributed by atoms with Gasteiger partial charge in [0.1, 0.15) is 0 Å². The molecule has 2 aromatic rings. The first kappa shape index (κ1) is 9.83. The van der Waals surface area contributed by atoms with E-state index in [1.807, 2.05) is 0 Å². The summed E-state index contributed by atoms with van der Waals surface area (Å²) in [6.07, 6.45) is 0. The van der Waals surface area contributed by atoms with Crippen LogP contribution in [-0.2, 0) is 0 Å². The van der Waals surface area contributed by atoms with Gasteiger partial charge in [-0.3, -0.25) is 4.79 Å². The van der Waals surface area contributed by atoms with Gasteiger partial charge in [0.05, 0.1) is 0 Å². The predicted octanol–water partition coefficient (Wildman–Crippen LogP) is 1.58. The van der Waals surface area contributed by atoms with E-state index in [1.54, 1.807) is 0 Å². The highest BCUT2D eigenvalue weighted by Crippen LogP contribution is 2.15. The zero-order chi connectivity index (χ0) is 11.1. The van der Waals surface area contributed by atoms with Gasteiger partial charge in [-0.2, -0.15) is 0 Å². The van der Waals surface area contributed by atoms with Gasteiger partial charge in [-0.1, -0.05) is 23.7 Å². The lowest BCUT2D eigenvalue weighted by Gasteiger charge is -2.16. The maximum absolute atomic E-state index is 12.6. The molecule has 0 fully saturated rings. The monoisotopic (exact) mass is 212 g/mol. The number of fused-ring (bicyclic) bond motifs is 1. The van der Waals surface area contributed by atoms with Crippen LogP contribution in [0.1, 0.15) is 0 Å². The molecule has 0 aliphatic carbocycles. The molecule has 78 valence electrons. The van der Waals surface area contributed by atoms with Crippen molar-refractivity contribution >= 4 is 23.3 Å². The predicted molar refractivity (Wildman–Crippen MR) is 53.3 cm³/mol. The Morgan fingerprint density at radius 2 is 1.80 bits per heavy atom. The minimum atomic E-state index is -5.05. The number of halogens is 3. The van der Waals surface area contributed by atoms with E-state index in [0.717, 1.165) is 12.1 Å². The molecule has 1 aromatic heterocycles. The molecule has 0 amide bonds. The zero-order valence-corrected chi connectivity index (χ0v) is 7.51. The molecule has 0 spiro atoms. The van der Waals surface area contributed by atoms with Crippen molar-refractivity contribution in [1.82, 2.24) is 4.98 Å². The van der Waals surface area contributed by atoms with Crippen LogP contribution < -0.4 is 11.0 Å². The molecule has 2 nitrogen and oxygen atoms in total. The Labute approximate surface area is 82.8 Å². The van der Waals surface area contributed by atoms with E-state index in [4.69, 9.17) is 0 Å². The Morgan fingerprint density at radius 3 is 2.47 bits per heavy atom. The second-order valence-corrected chi connectivity index (χ2v) is 3.21. The Bertz CT molecular complexity index is 561. The van der Waals surface area contributed by atoms with E-state index in [1.165, 1.54) is 18.2 Å². The third-order valence-corrected chi connectivity index (χ3v) is 2.15. The molecule has 15 heavy (non-hydrogen) atoms. The fourth-order valence-corrected chi connectivity index (χ4v) is 1.50. The molecule has 1 heterocycles. The van der Waals surface area contributed by atoms with E-state index in [2.05, 4.69) is 4.98 Å². The summed E-state index contributed by atoms with van der Waals surface area (Å²) in [5.74, 6) is 0. The molecule has 0 bridgehead atoms. The number of hydrogen-bond acceptors (Lipinski definition) is 1. The summed E-state index contributed by atoms with van der Waals surface area (Å²) in [6.45, 7) is -5.05. The van der Waals surface area contributed by atoms with E-state index in [0.29, 0.717) is 0 Å². The lowest BCUT2D eigenvalue weighted by atomic mass is 9.78. The molecule has 0 unspecified atom stereocenters. The van der Waals surface area contributed by atoms with Crippen LogP contribution >= 0.6 is 0 Å². The van der Waals surface area contributed by atoms with Gasteiger partial charge >= 0.3 is 6.98 Å². The molecule has 0 aliphatic rings. The van der Waals surface area contributed by atoms with E-state index in [-0.39, 0.29) is 10.9 Å². The molecule has 0 saturated carbocycles. The van der Waals surface area contributed by atoms with Crippen molar-refractivity contribution in [2.24, 2.45) is 0 Å². The number of pyridine rings is 1. The molecule has 0 saturated heterocycles. The van der Waals surface area contributed by atoms with Crippen LogP contribution in [0.25, 0.3) is 10.9 Å². The molecular weight excluding hydrogens is 206 g/mol. The normalized spacial score (nSPS) is 11.9. The van der Waals surface area contributed by atoms with Crippen LogP contribution in [0.15, 0.2) is 35.1 Å². The Hall–Kier alpha value is -1.72. The van der Waals surface area contributed by atoms with E-state index in [9.17, 15) is 17.7 Å². The van der Waals surface area contributed by atoms with Crippen molar-refractivity contribution in [2.45, 2.75) is 0 Å². The Balaban J connectivity index is 2.83. The number of rotatable bonds is 1. The van der Waals surface area contributed by atoms with Crippen molar-refractivity contribution in [3.8, 4) is 0 Å². The maximum Gasteiger partial charge on any atom is 0.510 e. The van der Waals surface area contributed by atoms with Gasteiger partial charge in [0.25, 0.3) is 0 Å². The van der Waals surface area contributed by atoms with Gasteiger partial charge in [-0.15, -0.1) is 0 Å². The number of aromatic nitrogens is 1. The van der Waals surface area contributed by atoms with Crippen molar-refractivity contribution < 1.29 is 12.9 Å². The average molecular weight is 212 g/mol. The summed E-state index contributed by atoms with van der Waals surface area (Å²) in [6, 6.07) is 6.03. The van der Waals surface area contributed by atoms with Crippen LogP contribution in [0.4, 0.5) is 12.9 Å². The zero-order valence-electron chi connectivity index (χ0n) is 7.51. The molecular formula is C9H6BF3NO-. The average Bonchev–Trinajstić information content (AvgIpc) is 2.15. The summed E-state index contributed by atoms with van der Waals surface area (Å²) < 4.78 is 37.8. The first-order valence-electron chi connectivity index (χ1n) is 4.30. The van der Waals surface area contributed by atoms with E-state index < -0.39 is 18.0 Å². The standard InChI is InChI=1S/C9H6BF3NO/c11-10(12,13)7-2-1-3-8-6(7)4-5-9(15)14-8/h1-5H,(H,14,15)/q-1. The van der Waals surface area contributed by atoms with E-state index >= 15 is 0 Å². The number of hydrogen-bond donors (Lipinski definition) is 1. The van der Waals surface area contributed by atoms with Crippen LogP contribution in [0.5, 0.6) is 0 Å². The minimum absolute atomic E-state index is 0.0320. The van der Waals surface area contributed by atoms with Crippen molar-refractivity contribution in [3.63, 3.8) is 0 Å². The molecule has 6 heteroatoms. The first-order valence-corrected chi connectivity index (χ1v) is 4.30. The lowest BCUT2D eigenvalue weighted by Crippen LogP contribution is -2.34. The number of benzene rings is 1. The van der Waals surface area contributed by atoms with Gasteiger partial charge in [0, 0.05) is 11.6 Å². The largest absolute Gasteiger partial charge is 0.510 e. The number of H-pyrrole nitrogens is 1. The molecule has 0 atom stereocenters. The summed E-state index contributed by atoms with van der Waals surface area (Å²) >= 11 is 0. The van der Waals surface area contributed by atoms with Crippen LogP contribution in [-0.4, -0.2) is 12.0 Å². The summed E-state index contributed by atoms with van der Waals surface area (Å²) in [7, 11) is 0. The SMILES string of the molecule is O=c1ccc2c([B-](F)(F)F)cccc2[nH]1. The van der Waals surface area contributed by atoms with Crippen LogP contribution in [0.2, 0.25) is 0 Å². The molecule has 1 N–H and O–H groups in total. The Morgan fingerprint density at radius 1 is 1.07 bits per heavy atom. The molecule has 1 aromatic carbocycles. The van der Waals surface area contributed by atoms with Gasteiger partial charge < -0.3 is 17.9 Å². The highest BCUT2D eigenvalue weighted by molar-refractivity contribution is 6.75. The third kappa shape index (κ3) is 1.75. The second-order valence-electron chi connectivity index (χ2n) is 3.21. The van der Waals surface area contributed by atoms with Gasteiger partial charge in [-0.05, 0) is 11.5 Å². The fraction of sp³-hybridized carbons (Fsp3) is 0. The first-order chi connectivity index (χ1) is 6.98. The van der Waals surface area contributed by atoms with Crippen molar-refractivity contribution in [3.05, 3.63) is 40.7 Å². The highest BCUT2D eigenvalue weighted by atomic mass is 19.4. The Kier molecular flexibility index (Phi) is 2.06. The van der Waals surface area contributed by atoms with Gasteiger partial charge in [-0.25, -0.2) is 0 Å². The van der Waals surface area contributed by atoms with Gasteiger partial charge in [0.2, 0.25) is 5.56 Å². The van der Waals surface area contributed by atoms with Crippen molar-refractivity contribution in [2.75, 3.05) is 0 Å². The van der Waals surface area contributed by atoms with Crippen LogP contribution in [0, 0.1) is 0 Å². The summed E-state index contributed by atoms with van der Waals surface area (Å²) in [5, 5.41) is 0.0320. The molecule has 0 radical (unpaired) electrons. The smallest absolute Gasteiger partial charge is 0.445 e. The van der Waals surface area contributed by atoms with Gasteiger partial charge in [0.15, 0.2) is 0 Å². The number of aromatic amines is 1. The molecule has 0 aliphatic heterocycles. The summed E-state index contributed by atoms with van der Waals surface area (Å²) in [4.78, 5) is 13.3. The third-order valence-electron chi connectivity index (χ3n) is 2.15. The molecule has 2 rings (SSSR count). The lowest BCUT2D eigenvalue weighted by molar-refractivity contribution is 0.501. The fourth-order valence-electron chi connectivity index (χ4n) is 1.50. The van der Waals surface area contributed by atoms with Crippen molar-refractivity contribution in [1.29, 1.82) is 0 Å². The minimum Gasteiger partial charge on any atom is -0.445 e. The summed E-state index contributed by atoms with van der Waals surface area (Å²) in [5.41, 5.74) is -0.878. The maximum atomic E-state index is 12.6. The second kappa shape index (κ2) is 3.15.